The third-order valence-corrected chi connectivity index (χ3v) is 3.32. The molecular formula is C17H13ClN2O4. The van der Waals surface area contributed by atoms with Crippen LogP contribution >= 0.6 is 11.6 Å². The van der Waals surface area contributed by atoms with Gasteiger partial charge in [-0.1, -0.05) is 11.6 Å². The van der Waals surface area contributed by atoms with Crippen molar-refractivity contribution in [1.82, 2.24) is 5.32 Å². The molecule has 0 heterocycles. The van der Waals surface area contributed by atoms with Crippen LogP contribution < -0.4 is 14.8 Å². The number of halogens is 1. The SMILES string of the molecule is COc1ccc(C(=O)NC(=O)COc2ccc(C#N)cc2Cl)cc1. The van der Waals surface area contributed by atoms with Gasteiger partial charge in [0, 0.05) is 5.56 Å². The number of carbonyl (C=O) groups excluding carboxylic acids is 2. The highest BCUT2D eigenvalue weighted by Crippen LogP contribution is 2.25. The van der Waals surface area contributed by atoms with Crippen LogP contribution in [0.3, 0.4) is 0 Å². The molecule has 122 valence electrons. The van der Waals surface area contributed by atoms with Crippen LogP contribution in [0.1, 0.15) is 15.9 Å². The summed E-state index contributed by atoms with van der Waals surface area (Å²) in [5.74, 6) is -0.298. The zero-order valence-corrected chi connectivity index (χ0v) is 13.5. The Hall–Kier alpha value is -3.04. The maximum absolute atomic E-state index is 11.9. The summed E-state index contributed by atoms with van der Waals surface area (Å²) in [6, 6.07) is 12.7. The van der Waals surface area contributed by atoms with E-state index in [0.29, 0.717) is 16.9 Å². The Bertz CT molecular complexity index is 797. The van der Waals surface area contributed by atoms with E-state index in [0.717, 1.165) is 0 Å². The molecule has 0 saturated heterocycles. The number of amides is 2. The predicted molar refractivity (Wildman–Crippen MR) is 87.1 cm³/mol. The van der Waals surface area contributed by atoms with Gasteiger partial charge in [-0.2, -0.15) is 5.26 Å². The number of methoxy groups -OCH3 is 1. The molecule has 0 aliphatic heterocycles. The Balaban J connectivity index is 1.91. The van der Waals surface area contributed by atoms with Gasteiger partial charge in [0.15, 0.2) is 6.61 Å². The standard InChI is InChI=1S/C17H13ClN2O4/c1-23-13-5-3-12(4-6-13)17(22)20-16(21)10-24-15-7-2-11(9-19)8-14(15)18/h2-8H,10H2,1H3,(H,20,21,22). The zero-order chi connectivity index (χ0) is 17.5. The fourth-order valence-electron chi connectivity index (χ4n) is 1.81. The first-order valence-corrected chi connectivity index (χ1v) is 7.22. The summed E-state index contributed by atoms with van der Waals surface area (Å²) in [5, 5.41) is 11.2. The second-order valence-corrected chi connectivity index (χ2v) is 5.06. The molecule has 2 amide bonds. The van der Waals surface area contributed by atoms with Crippen molar-refractivity contribution in [1.29, 1.82) is 5.26 Å². The number of nitrogens with one attached hydrogen (secondary N) is 1. The Kier molecular flexibility index (Phi) is 5.77. The number of rotatable bonds is 5. The third kappa shape index (κ3) is 4.48. The second kappa shape index (κ2) is 7.99. The van der Waals surface area contributed by atoms with Gasteiger partial charge in [-0.15, -0.1) is 0 Å². The molecule has 6 nitrogen and oxygen atoms in total. The number of benzene rings is 2. The highest BCUT2D eigenvalue weighted by molar-refractivity contribution is 6.32. The van der Waals surface area contributed by atoms with Gasteiger partial charge in [-0.05, 0) is 42.5 Å². The summed E-state index contributed by atoms with van der Waals surface area (Å²) >= 11 is 5.94. The summed E-state index contributed by atoms with van der Waals surface area (Å²) in [6.45, 7) is -0.381. The lowest BCUT2D eigenvalue weighted by atomic mass is 10.2. The first-order chi connectivity index (χ1) is 11.5. The van der Waals surface area contributed by atoms with E-state index in [1.807, 2.05) is 6.07 Å². The average Bonchev–Trinajstić information content (AvgIpc) is 2.60. The third-order valence-electron chi connectivity index (χ3n) is 3.02. The molecule has 0 bridgehead atoms. The van der Waals surface area contributed by atoms with E-state index < -0.39 is 11.8 Å². The maximum Gasteiger partial charge on any atom is 0.264 e. The molecule has 0 aromatic heterocycles. The van der Waals surface area contributed by atoms with Gasteiger partial charge in [0.1, 0.15) is 11.5 Å². The summed E-state index contributed by atoms with van der Waals surface area (Å²) in [6.07, 6.45) is 0. The van der Waals surface area contributed by atoms with Crippen molar-refractivity contribution in [2.45, 2.75) is 0 Å². The maximum atomic E-state index is 11.9. The molecule has 7 heteroatoms. The zero-order valence-electron chi connectivity index (χ0n) is 12.7. The first-order valence-electron chi connectivity index (χ1n) is 6.84. The van der Waals surface area contributed by atoms with Gasteiger partial charge in [-0.3, -0.25) is 14.9 Å². The van der Waals surface area contributed by atoms with E-state index in [1.165, 1.54) is 25.3 Å². The lowest BCUT2D eigenvalue weighted by Gasteiger charge is -2.08. The number of nitriles is 1. The lowest BCUT2D eigenvalue weighted by molar-refractivity contribution is -0.122. The van der Waals surface area contributed by atoms with Crippen LogP contribution in [-0.2, 0) is 4.79 Å². The van der Waals surface area contributed by atoms with Crippen LogP contribution in [0.5, 0.6) is 11.5 Å². The van der Waals surface area contributed by atoms with Crippen molar-refractivity contribution in [3.8, 4) is 17.6 Å². The minimum atomic E-state index is -0.615. The molecule has 0 radical (unpaired) electrons. The molecule has 0 saturated carbocycles. The minimum absolute atomic E-state index is 0.211. The van der Waals surface area contributed by atoms with Crippen molar-refractivity contribution in [2.24, 2.45) is 0 Å². The summed E-state index contributed by atoms with van der Waals surface area (Å²) in [5.41, 5.74) is 0.701. The summed E-state index contributed by atoms with van der Waals surface area (Å²) in [7, 11) is 1.52. The number of ether oxygens (including phenoxy) is 2. The van der Waals surface area contributed by atoms with E-state index in [1.54, 1.807) is 24.3 Å². The molecule has 2 rings (SSSR count). The number of carbonyl (C=O) groups is 2. The molecule has 0 fully saturated rings. The van der Waals surface area contributed by atoms with Crippen molar-refractivity contribution >= 4 is 23.4 Å². The fourth-order valence-corrected chi connectivity index (χ4v) is 2.04. The Morgan fingerprint density at radius 3 is 2.50 bits per heavy atom. The predicted octanol–water partition coefficient (Wildman–Crippen LogP) is 2.56. The van der Waals surface area contributed by atoms with Gasteiger partial charge < -0.3 is 9.47 Å². The molecule has 0 spiro atoms. The molecule has 0 aliphatic carbocycles. The van der Waals surface area contributed by atoms with Crippen LogP contribution in [0.2, 0.25) is 5.02 Å². The van der Waals surface area contributed by atoms with Crippen molar-refractivity contribution in [3.63, 3.8) is 0 Å². The van der Waals surface area contributed by atoms with Crippen molar-refractivity contribution < 1.29 is 19.1 Å². The van der Waals surface area contributed by atoms with Crippen LogP contribution in [0.15, 0.2) is 42.5 Å². The largest absolute Gasteiger partial charge is 0.497 e. The Labute approximate surface area is 143 Å². The number of nitrogens with zero attached hydrogens (tertiary/aromatic N) is 1. The molecule has 0 aliphatic rings. The van der Waals surface area contributed by atoms with E-state index in [4.69, 9.17) is 26.3 Å². The minimum Gasteiger partial charge on any atom is -0.497 e. The van der Waals surface area contributed by atoms with E-state index in [-0.39, 0.29) is 17.4 Å². The number of imide groups is 1. The van der Waals surface area contributed by atoms with E-state index >= 15 is 0 Å². The number of hydrogen-bond acceptors (Lipinski definition) is 5. The van der Waals surface area contributed by atoms with Crippen molar-refractivity contribution in [2.75, 3.05) is 13.7 Å². The molecule has 0 unspecified atom stereocenters. The van der Waals surface area contributed by atoms with E-state index in [9.17, 15) is 9.59 Å². The van der Waals surface area contributed by atoms with Crippen LogP contribution in [0.25, 0.3) is 0 Å². The normalized spacial score (nSPS) is 9.71. The van der Waals surface area contributed by atoms with Crippen LogP contribution in [-0.4, -0.2) is 25.5 Å². The van der Waals surface area contributed by atoms with Crippen molar-refractivity contribution in [3.05, 3.63) is 58.6 Å². The average molecular weight is 345 g/mol. The Morgan fingerprint density at radius 2 is 1.92 bits per heavy atom. The van der Waals surface area contributed by atoms with Gasteiger partial charge in [0.2, 0.25) is 0 Å². The fraction of sp³-hybridized carbons (Fsp3) is 0.118. The lowest BCUT2D eigenvalue weighted by Crippen LogP contribution is -2.34. The molecule has 1 N–H and O–H groups in total. The number of hydrogen-bond donors (Lipinski definition) is 1. The second-order valence-electron chi connectivity index (χ2n) is 4.65. The van der Waals surface area contributed by atoms with E-state index in [2.05, 4.69) is 5.32 Å². The topological polar surface area (TPSA) is 88.4 Å². The van der Waals surface area contributed by atoms with Gasteiger partial charge >= 0.3 is 0 Å². The van der Waals surface area contributed by atoms with Gasteiger partial charge in [0.25, 0.3) is 11.8 Å². The van der Waals surface area contributed by atoms with Gasteiger partial charge in [-0.25, -0.2) is 0 Å². The summed E-state index contributed by atoms with van der Waals surface area (Å²) in [4.78, 5) is 23.7. The summed E-state index contributed by atoms with van der Waals surface area (Å²) < 4.78 is 10.2. The highest BCUT2D eigenvalue weighted by atomic mass is 35.5. The molecule has 0 atom stereocenters. The quantitative estimate of drug-likeness (QED) is 0.900. The van der Waals surface area contributed by atoms with Crippen LogP contribution in [0.4, 0.5) is 0 Å². The monoisotopic (exact) mass is 344 g/mol. The highest BCUT2D eigenvalue weighted by Gasteiger charge is 2.12. The molecule has 2 aromatic rings. The molecule has 2 aromatic carbocycles. The first kappa shape index (κ1) is 17.3. The van der Waals surface area contributed by atoms with Gasteiger partial charge in [0.05, 0.1) is 23.8 Å². The van der Waals surface area contributed by atoms with Crippen LogP contribution in [0, 0.1) is 11.3 Å². The smallest absolute Gasteiger partial charge is 0.264 e. The molecular weight excluding hydrogens is 332 g/mol. The molecule has 24 heavy (non-hydrogen) atoms. The Morgan fingerprint density at radius 1 is 1.21 bits per heavy atom.